The van der Waals surface area contributed by atoms with E-state index >= 15 is 0 Å². The zero-order valence-electron chi connectivity index (χ0n) is 18.4. The van der Waals surface area contributed by atoms with Crippen LogP contribution in [0.4, 0.5) is 5.69 Å². The van der Waals surface area contributed by atoms with Gasteiger partial charge in [-0.1, -0.05) is 63.1 Å². The van der Waals surface area contributed by atoms with Gasteiger partial charge in [0.1, 0.15) is 0 Å². The number of para-hydroxylation sites is 1. The number of nitrogens with zero attached hydrogens (tertiary/aromatic N) is 3. The van der Waals surface area contributed by atoms with Gasteiger partial charge in [0.25, 0.3) is 0 Å². The van der Waals surface area contributed by atoms with Crippen molar-refractivity contribution in [2.75, 3.05) is 5.32 Å². The van der Waals surface area contributed by atoms with Crippen LogP contribution in [0, 0.1) is 0 Å². The Labute approximate surface area is 187 Å². The second-order valence-corrected chi connectivity index (χ2v) is 9.74. The van der Waals surface area contributed by atoms with E-state index in [0.29, 0.717) is 17.7 Å². The summed E-state index contributed by atoms with van der Waals surface area (Å²) in [5, 5.41) is 12.5. The summed E-state index contributed by atoms with van der Waals surface area (Å²) >= 11 is 1.46. The maximum absolute atomic E-state index is 13.0. The molecule has 1 saturated carbocycles. The summed E-state index contributed by atoms with van der Waals surface area (Å²) in [4.78, 5) is 13.0. The van der Waals surface area contributed by atoms with E-state index in [2.05, 4.69) is 40.0 Å². The lowest BCUT2D eigenvalue weighted by Gasteiger charge is -2.25. The zero-order valence-corrected chi connectivity index (χ0v) is 19.2. The number of rotatable bonds is 7. The summed E-state index contributed by atoms with van der Waals surface area (Å²) in [6, 6.07) is 12.1. The minimum atomic E-state index is -0.309. The Morgan fingerprint density at radius 2 is 1.87 bits per heavy atom. The summed E-state index contributed by atoms with van der Waals surface area (Å²) in [5.41, 5.74) is 2.01. The number of aromatic nitrogens is 3. The topological polar surface area (TPSA) is 73.0 Å². The molecule has 6 nitrogen and oxygen atoms in total. The molecule has 31 heavy (non-hydrogen) atoms. The van der Waals surface area contributed by atoms with Crippen molar-refractivity contribution in [1.29, 1.82) is 0 Å². The highest BCUT2D eigenvalue weighted by Crippen LogP contribution is 2.37. The lowest BCUT2D eigenvalue weighted by Crippen LogP contribution is -2.24. The fraction of sp³-hybridized carbons (Fsp3) is 0.458. The standard InChI is InChI=1S/C24H30N4O2S/c1-16(2)19-12-7-8-13-20(19)25-23(29)17(3)31-24-27-26-22(21-14-9-15-30-21)28(24)18-10-5-4-6-11-18/h7-9,12-18H,4-6,10-11H2,1-3H3,(H,25,29). The van der Waals surface area contributed by atoms with Crippen LogP contribution in [0.15, 0.2) is 52.2 Å². The highest BCUT2D eigenvalue weighted by atomic mass is 32.2. The van der Waals surface area contributed by atoms with Crippen LogP contribution in [-0.2, 0) is 4.79 Å². The van der Waals surface area contributed by atoms with E-state index in [1.54, 1.807) is 6.26 Å². The quantitative estimate of drug-likeness (QED) is 0.439. The Kier molecular flexibility index (Phi) is 6.80. The molecular weight excluding hydrogens is 408 g/mol. The van der Waals surface area contributed by atoms with Crippen molar-refractivity contribution in [2.45, 2.75) is 75.2 Å². The first-order valence-electron chi connectivity index (χ1n) is 11.1. The summed E-state index contributed by atoms with van der Waals surface area (Å²) in [7, 11) is 0. The van der Waals surface area contributed by atoms with E-state index in [-0.39, 0.29) is 11.2 Å². The molecule has 1 fully saturated rings. The summed E-state index contributed by atoms with van der Waals surface area (Å²) in [6.07, 6.45) is 7.53. The third-order valence-electron chi connectivity index (χ3n) is 5.84. The van der Waals surface area contributed by atoms with Gasteiger partial charge in [0.15, 0.2) is 10.9 Å². The van der Waals surface area contributed by atoms with Crippen LogP contribution in [0.2, 0.25) is 0 Å². The number of hydrogen-bond donors (Lipinski definition) is 1. The molecule has 1 aliphatic carbocycles. The Hall–Kier alpha value is -2.54. The van der Waals surface area contributed by atoms with Gasteiger partial charge in [-0.2, -0.15) is 0 Å². The average Bonchev–Trinajstić information content (AvgIpc) is 3.44. The van der Waals surface area contributed by atoms with Crippen molar-refractivity contribution in [1.82, 2.24) is 14.8 Å². The van der Waals surface area contributed by atoms with Crippen LogP contribution < -0.4 is 5.32 Å². The van der Waals surface area contributed by atoms with Crippen LogP contribution in [0.25, 0.3) is 11.6 Å². The van der Waals surface area contributed by atoms with Gasteiger partial charge in [0.2, 0.25) is 11.7 Å². The predicted molar refractivity (Wildman–Crippen MR) is 124 cm³/mol. The van der Waals surface area contributed by atoms with Gasteiger partial charge >= 0.3 is 0 Å². The first kappa shape index (κ1) is 21.7. The number of amides is 1. The molecule has 0 spiro atoms. The normalized spacial score (nSPS) is 15.9. The van der Waals surface area contributed by atoms with Crippen LogP contribution in [0.3, 0.4) is 0 Å². The van der Waals surface area contributed by atoms with Crippen LogP contribution >= 0.6 is 11.8 Å². The van der Waals surface area contributed by atoms with Gasteiger partial charge in [-0.05, 0) is 49.4 Å². The van der Waals surface area contributed by atoms with E-state index < -0.39 is 0 Å². The molecule has 0 radical (unpaired) electrons. The van der Waals surface area contributed by atoms with E-state index in [1.807, 2.05) is 37.3 Å². The molecule has 4 rings (SSSR count). The second-order valence-electron chi connectivity index (χ2n) is 8.44. The molecule has 2 heterocycles. The predicted octanol–water partition coefficient (Wildman–Crippen LogP) is 6.29. The first-order chi connectivity index (χ1) is 15.0. The molecule has 1 N–H and O–H groups in total. The average molecular weight is 439 g/mol. The van der Waals surface area contributed by atoms with Gasteiger partial charge in [-0.25, -0.2) is 0 Å². The van der Waals surface area contributed by atoms with Crippen molar-refractivity contribution < 1.29 is 9.21 Å². The summed E-state index contributed by atoms with van der Waals surface area (Å²) in [6.45, 7) is 6.18. The third-order valence-corrected chi connectivity index (χ3v) is 6.89. The molecule has 1 unspecified atom stereocenters. The first-order valence-corrected chi connectivity index (χ1v) is 12.0. The molecule has 1 amide bonds. The number of furan rings is 1. The number of carbonyl (C=O) groups is 1. The smallest absolute Gasteiger partial charge is 0.237 e. The molecule has 164 valence electrons. The summed E-state index contributed by atoms with van der Waals surface area (Å²) in [5.74, 6) is 1.77. The van der Waals surface area contributed by atoms with E-state index in [9.17, 15) is 4.79 Å². The molecule has 0 saturated heterocycles. The molecular formula is C24H30N4O2S. The largest absolute Gasteiger partial charge is 0.461 e. The minimum Gasteiger partial charge on any atom is -0.461 e. The Morgan fingerprint density at radius 1 is 1.10 bits per heavy atom. The van der Waals surface area contributed by atoms with E-state index in [0.717, 1.165) is 35.1 Å². The van der Waals surface area contributed by atoms with Crippen molar-refractivity contribution >= 4 is 23.4 Å². The highest BCUT2D eigenvalue weighted by Gasteiger charge is 2.27. The van der Waals surface area contributed by atoms with Gasteiger partial charge in [0.05, 0.1) is 11.5 Å². The van der Waals surface area contributed by atoms with E-state index in [4.69, 9.17) is 4.42 Å². The molecule has 1 aliphatic rings. The maximum atomic E-state index is 13.0. The molecule has 0 bridgehead atoms. The van der Waals surface area contributed by atoms with Crippen LogP contribution in [0.5, 0.6) is 0 Å². The van der Waals surface area contributed by atoms with Crippen molar-refractivity contribution in [3.63, 3.8) is 0 Å². The minimum absolute atomic E-state index is 0.0316. The lowest BCUT2D eigenvalue weighted by molar-refractivity contribution is -0.115. The second kappa shape index (κ2) is 9.73. The van der Waals surface area contributed by atoms with Gasteiger partial charge < -0.3 is 9.73 Å². The van der Waals surface area contributed by atoms with Crippen LogP contribution in [0.1, 0.15) is 70.4 Å². The molecule has 2 aromatic heterocycles. The SMILES string of the molecule is CC(Sc1nnc(-c2ccco2)n1C1CCCCC1)C(=O)Nc1ccccc1C(C)C. The van der Waals surface area contributed by atoms with Crippen molar-refractivity contribution in [3.05, 3.63) is 48.2 Å². The zero-order chi connectivity index (χ0) is 21.8. The molecule has 1 atom stereocenters. The van der Waals surface area contributed by atoms with Gasteiger partial charge in [-0.3, -0.25) is 9.36 Å². The molecule has 1 aromatic carbocycles. The van der Waals surface area contributed by atoms with Crippen LogP contribution in [-0.4, -0.2) is 25.9 Å². The fourth-order valence-corrected chi connectivity index (χ4v) is 5.08. The Bertz CT molecular complexity index is 1010. The molecule has 7 heteroatoms. The molecule has 0 aliphatic heterocycles. The Morgan fingerprint density at radius 3 is 2.58 bits per heavy atom. The molecule has 3 aromatic rings. The number of hydrogen-bond acceptors (Lipinski definition) is 5. The lowest BCUT2D eigenvalue weighted by atomic mass is 9.95. The Balaban J connectivity index is 1.55. The maximum Gasteiger partial charge on any atom is 0.237 e. The number of thioether (sulfide) groups is 1. The fourth-order valence-electron chi connectivity index (χ4n) is 4.16. The van der Waals surface area contributed by atoms with Crippen molar-refractivity contribution in [2.24, 2.45) is 0 Å². The number of benzene rings is 1. The van der Waals surface area contributed by atoms with Gasteiger partial charge in [-0.15, -0.1) is 10.2 Å². The highest BCUT2D eigenvalue weighted by molar-refractivity contribution is 8.00. The number of nitrogens with one attached hydrogen (secondary N) is 1. The third kappa shape index (κ3) is 4.87. The number of carbonyl (C=O) groups excluding carboxylic acids is 1. The summed E-state index contributed by atoms with van der Waals surface area (Å²) < 4.78 is 7.81. The van der Waals surface area contributed by atoms with Crippen molar-refractivity contribution in [3.8, 4) is 11.6 Å². The monoisotopic (exact) mass is 438 g/mol. The van der Waals surface area contributed by atoms with E-state index in [1.165, 1.54) is 31.0 Å². The number of anilines is 1. The van der Waals surface area contributed by atoms with Gasteiger partial charge in [0, 0.05) is 11.7 Å².